The molecule has 1 N–H and O–H groups in total. The highest BCUT2D eigenvalue weighted by molar-refractivity contribution is 6.30. The van der Waals surface area contributed by atoms with Crippen molar-refractivity contribution in [2.24, 2.45) is 5.92 Å². The van der Waals surface area contributed by atoms with E-state index in [4.69, 9.17) is 11.6 Å². The van der Waals surface area contributed by atoms with E-state index in [9.17, 15) is 13.2 Å². The summed E-state index contributed by atoms with van der Waals surface area (Å²) < 4.78 is 40.2. The Hall–Kier alpha value is -0.780. The Bertz CT molecular complexity index is 497. The minimum Gasteiger partial charge on any atom is -0.314 e. The predicted molar refractivity (Wildman–Crippen MR) is 83.1 cm³/mol. The van der Waals surface area contributed by atoms with Crippen molar-refractivity contribution in [2.75, 3.05) is 26.2 Å². The van der Waals surface area contributed by atoms with Crippen molar-refractivity contribution >= 4 is 11.6 Å². The van der Waals surface area contributed by atoms with Crippen LogP contribution in [0.15, 0.2) is 18.2 Å². The molecule has 1 aromatic rings. The van der Waals surface area contributed by atoms with Gasteiger partial charge in [0.15, 0.2) is 0 Å². The van der Waals surface area contributed by atoms with Gasteiger partial charge >= 0.3 is 6.18 Å². The molecule has 0 radical (unpaired) electrons. The van der Waals surface area contributed by atoms with Crippen molar-refractivity contribution < 1.29 is 13.2 Å². The average molecular weight is 335 g/mol. The molecule has 2 rings (SSSR count). The van der Waals surface area contributed by atoms with Gasteiger partial charge in [-0.2, -0.15) is 13.2 Å². The second kappa shape index (κ2) is 7.20. The molecule has 1 atom stereocenters. The van der Waals surface area contributed by atoms with Crippen molar-refractivity contribution in [2.45, 2.75) is 32.5 Å². The molecule has 0 aromatic heterocycles. The molecule has 0 bridgehead atoms. The summed E-state index contributed by atoms with van der Waals surface area (Å²) in [5, 5.41) is 3.37. The van der Waals surface area contributed by atoms with Crippen molar-refractivity contribution in [3.05, 3.63) is 34.3 Å². The first kappa shape index (κ1) is 17.6. The molecule has 0 saturated carbocycles. The third-order valence-electron chi connectivity index (χ3n) is 3.97. The van der Waals surface area contributed by atoms with Crippen LogP contribution in [0.4, 0.5) is 13.2 Å². The van der Waals surface area contributed by atoms with Crippen molar-refractivity contribution in [3.63, 3.8) is 0 Å². The van der Waals surface area contributed by atoms with E-state index in [0.717, 1.165) is 32.2 Å². The molecule has 1 aliphatic heterocycles. The third-order valence-corrected chi connectivity index (χ3v) is 4.20. The van der Waals surface area contributed by atoms with E-state index in [1.807, 2.05) is 13.8 Å². The second-order valence-electron chi connectivity index (χ2n) is 6.16. The van der Waals surface area contributed by atoms with Crippen LogP contribution in [0.2, 0.25) is 5.02 Å². The minimum absolute atomic E-state index is 0.125. The van der Waals surface area contributed by atoms with Crippen LogP contribution in [0.1, 0.15) is 37.4 Å². The quantitative estimate of drug-likeness (QED) is 0.880. The van der Waals surface area contributed by atoms with E-state index < -0.39 is 11.7 Å². The molecule has 1 heterocycles. The van der Waals surface area contributed by atoms with Crippen LogP contribution in [0.5, 0.6) is 0 Å². The van der Waals surface area contributed by atoms with E-state index in [2.05, 4.69) is 10.2 Å². The Labute approximate surface area is 134 Å². The second-order valence-corrected chi connectivity index (χ2v) is 6.60. The highest BCUT2D eigenvalue weighted by Gasteiger charge is 2.37. The van der Waals surface area contributed by atoms with Gasteiger partial charge in [0.25, 0.3) is 0 Å². The van der Waals surface area contributed by atoms with Gasteiger partial charge in [-0.1, -0.05) is 31.5 Å². The fourth-order valence-electron chi connectivity index (χ4n) is 2.98. The lowest BCUT2D eigenvalue weighted by atomic mass is 9.91. The molecule has 22 heavy (non-hydrogen) atoms. The van der Waals surface area contributed by atoms with Gasteiger partial charge in [-0.25, -0.2) is 0 Å². The maximum absolute atomic E-state index is 13.4. The summed E-state index contributed by atoms with van der Waals surface area (Å²) in [6.45, 7) is 7.22. The number of benzene rings is 1. The normalized spacial score (nSPS) is 18.7. The van der Waals surface area contributed by atoms with Crippen LogP contribution in [-0.4, -0.2) is 31.1 Å². The first-order valence-electron chi connectivity index (χ1n) is 7.60. The molecule has 1 aliphatic rings. The zero-order valence-electron chi connectivity index (χ0n) is 12.9. The Morgan fingerprint density at radius 2 is 1.86 bits per heavy atom. The number of nitrogens with zero attached hydrogens (tertiary/aromatic N) is 1. The van der Waals surface area contributed by atoms with E-state index in [-0.39, 0.29) is 11.1 Å². The molecule has 0 amide bonds. The van der Waals surface area contributed by atoms with Crippen LogP contribution in [0.3, 0.4) is 0 Å². The summed E-state index contributed by atoms with van der Waals surface area (Å²) in [7, 11) is 0. The maximum atomic E-state index is 13.4. The Balaban J connectivity index is 2.42. The lowest BCUT2D eigenvalue weighted by Gasteiger charge is -2.37. The zero-order valence-corrected chi connectivity index (χ0v) is 13.6. The van der Waals surface area contributed by atoms with Crippen LogP contribution in [0, 0.1) is 5.92 Å². The molecule has 6 heteroatoms. The van der Waals surface area contributed by atoms with Gasteiger partial charge in [-0.15, -0.1) is 0 Å². The lowest BCUT2D eigenvalue weighted by Crippen LogP contribution is -2.45. The first-order chi connectivity index (χ1) is 10.3. The largest absolute Gasteiger partial charge is 0.416 e. The monoisotopic (exact) mass is 334 g/mol. The van der Waals surface area contributed by atoms with Crippen molar-refractivity contribution in [3.8, 4) is 0 Å². The van der Waals surface area contributed by atoms with E-state index in [0.29, 0.717) is 17.9 Å². The van der Waals surface area contributed by atoms with Gasteiger partial charge in [0.2, 0.25) is 0 Å². The summed E-state index contributed by atoms with van der Waals surface area (Å²) >= 11 is 5.80. The Morgan fingerprint density at radius 1 is 1.23 bits per heavy atom. The van der Waals surface area contributed by atoms with E-state index in [1.165, 1.54) is 0 Å². The molecule has 0 spiro atoms. The van der Waals surface area contributed by atoms with Gasteiger partial charge in [0.1, 0.15) is 0 Å². The number of hydrogen-bond acceptors (Lipinski definition) is 2. The van der Waals surface area contributed by atoms with Gasteiger partial charge in [-0.3, -0.25) is 4.90 Å². The van der Waals surface area contributed by atoms with Gasteiger partial charge in [-0.05, 0) is 30.0 Å². The SMILES string of the molecule is CC(C)C[C@H](c1ccc(Cl)cc1C(F)(F)F)N1CCNCC1. The van der Waals surface area contributed by atoms with Crippen LogP contribution >= 0.6 is 11.6 Å². The average Bonchev–Trinajstić information content (AvgIpc) is 2.45. The fraction of sp³-hybridized carbons (Fsp3) is 0.625. The summed E-state index contributed by atoms with van der Waals surface area (Å²) in [5.74, 6) is 0.316. The number of piperazine rings is 1. The highest BCUT2D eigenvalue weighted by atomic mass is 35.5. The number of rotatable bonds is 4. The predicted octanol–water partition coefficient (Wildman–Crippen LogP) is 4.35. The molecular weight excluding hydrogens is 313 g/mol. The van der Waals surface area contributed by atoms with Crippen molar-refractivity contribution in [1.82, 2.24) is 10.2 Å². The molecular formula is C16H22ClF3N2. The van der Waals surface area contributed by atoms with Crippen LogP contribution in [0.25, 0.3) is 0 Å². The summed E-state index contributed by atoms with van der Waals surface area (Å²) in [6.07, 6.45) is -3.69. The Kier molecular flexibility index (Phi) is 5.75. The standard InChI is InChI=1S/C16H22ClF3N2/c1-11(2)9-15(22-7-5-21-6-8-22)13-4-3-12(17)10-14(13)16(18,19)20/h3-4,10-11,15,21H,5-9H2,1-2H3/t15-/m1/s1. The third kappa shape index (κ3) is 4.37. The summed E-state index contributed by atoms with van der Waals surface area (Å²) in [6, 6.07) is 3.92. The summed E-state index contributed by atoms with van der Waals surface area (Å²) in [4.78, 5) is 2.15. The molecule has 1 saturated heterocycles. The van der Waals surface area contributed by atoms with Gasteiger partial charge in [0, 0.05) is 37.2 Å². The molecule has 1 aromatic carbocycles. The van der Waals surface area contributed by atoms with Crippen molar-refractivity contribution in [1.29, 1.82) is 0 Å². The van der Waals surface area contributed by atoms with Gasteiger partial charge in [0.05, 0.1) is 5.56 Å². The summed E-state index contributed by atoms with van der Waals surface area (Å²) in [5.41, 5.74) is -0.267. The number of hydrogen-bond donors (Lipinski definition) is 1. The Morgan fingerprint density at radius 3 is 2.41 bits per heavy atom. The molecule has 2 nitrogen and oxygen atoms in total. The fourth-order valence-corrected chi connectivity index (χ4v) is 3.15. The van der Waals surface area contributed by atoms with Crippen LogP contribution < -0.4 is 5.32 Å². The van der Waals surface area contributed by atoms with Crippen LogP contribution in [-0.2, 0) is 6.18 Å². The topological polar surface area (TPSA) is 15.3 Å². The highest BCUT2D eigenvalue weighted by Crippen LogP contribution is 2.40. The smallest absolute Gasteiger partial charge is 0.314 e. The maximum Gasteiger partial charge on any atom is 0.416 e. The van der Waals surface area contributed by atoms with Gasteiger partial charge < -0.3 is 5.32 Å². The number of nitrogens with one attached hydrogen (secondary N) is 1. The first-order valence-corrected chi connectivity index (χ1v) is 7.98. The number of alkyl halides is 3. The number of halogens is 4. The molecule has 0 aliphatic carbocycles. The molecule has 0 unspecified atom stereocenters. The minimum atomic E-state index is -4.39. The van der Waals surface area contributed by atoms with E-state index in [1.54, 1.807) is 12.1 Å². The molecule has 124 valence electrons. The lowest BCUT2D eigenvalue weighted by molar-refractivity contribution is -0.138. The zero-order chi connectivity index (χ0) is 16.3. The van der Waals surface area contributed by atoms with E-state index >= 15 is 0 Å². The molecule has 1 fully saturated rings.